The average molecular weight is 278 g/mol. The van der Waals surface area contributed by atoms with E-state index >= 15 is 0 Å². The number of benzene rings is 1. The Morgan fingerprint density at radius 2 is 2.11 bits per heavy atom. The van der Waals surface area contributed by atoms with Gasteiger partial charge < -0.3 is 5.73 Å². The summed E-state index contributed by atoms with van der Waals surface area (Å²) in [7, 11) is 0. The van der Waals surface area contributed by atoms with Crippen molar-refractivity contribution in [3.63, 3.8) is 0 Å². The first-order valence-electron chi connectivity index (χ1n) is 6.05. The molecule has 1 aromatic carbocycles. The molecule has 2 rings (SSSR count). The van der Waals surface area contributed by atoms with Crippen LogP contribution >= 0.6 is 23.6 Å². The zero-order valence-corrected chi connectivity index (χ0v) is 12.4. The third-order valence-corrected chi connectivity index (χ3v) is 4.17. The Morgan fingerprint density at radius 1 is 1.39 bits per heavy atom. The Hall–Kier alpha value is -0.970. The van der Waals surface area contributed by atoms with Crippen LogP contribution in [-0.2, 0) is 6.54 Å². The summed E-state index contributed by atoms with van der Waals surface area (Å²) < 4.78 is 1.34. The third-order valence-electron chi connectivity index (χ3n) is 3.02. The van der Waals surface area contributed by atoms with Gasteiger partial charge in [0.25, 0.3) is 0 Å². The maximum Gasteiger partial charge on any atom is 0.0870 e. The van der Waals surface area contributed by atoms with Gasteiger partial charge in [0.15, 0.2) is 0 Å². The first-order valence-corrected chi connectivity index (χ1v) is 7.34. The molecule has 0 fully saturated rings. The minimum absolute atomic E-state index is 0.435. The predicted molar refractivity (Wildman–Crippen MR) is 84.2 cm³/mol. The lowest BCUT2D eigenvalue weighted by Gasteiger charge is -2.25. The van der Waals surface area contributed by atoms with Crippen molar-refractivity contribution in [3.8, 4) is 0 Å². The summed E-state index contributed by atoms with van der Waals surface area (Å²) in [6.45, 7) is 5.93. The molecule has 0 aliphatic rings. The Balaban J connectivity index is 2.23. The smallest absolute Gasteiger partial charge is 0.0870 e. The average Bonchev–Trinajstić information content (AvgIpc) is 2.71. The molecule has 2 N–H and O–H groups in total. The highest BCUT2D eigenvalue weighted by molar-refractivity contribution is 7.80. The Bertz CT molecular complexity index is 545. The van der Waals surface area contributed by atoms with Gasteiger partial charge in [0.1, 0.15) is 0 Å². The van der Waals surface area contributed by atoms with Crippen LogP contribution in [0.15, 0.2) is 29.6 Å². The molecule has 2 aromatic rings. The van der Waals surface area contributed by atoms with Crippen LogP contribution in [0.1, 0.15) is 19.4 Å². The van der Waals surface area contributed by atoms with Crippen LogP contribution in [0.25, 0.3) is 10.1 Å². The predicted octanol–water partition coefficient (Wildman–Crippen LogP) is 3.40. The van der Waals surface area contributed by atoms with Crippen LogP contribution in [0.2, 0.25) is 0 Å². The lowest BCUT2D eigenvalue weighted by Crippen LogP contribution is -2.37. The molecule has 0 atom stereocenters. The fraction of sp³-hybridized carbons (Fsp3) is 0.357. The van der Waals surface area contributed by atoms with E-state index in [9.17, 15) is 0 Å². The molecule has 0 aliphatic heterocycles. The largest absolute Gasteiger partial charge is 0.392 e. The van der Waals surface area contributed by atoms with E-state index in [1.165, 1.54) is 15.6 Å². The minimum Gasteiger partial charge on any atom is -0.392 e. The quantitative estimate of drug-likeness (QED) is 0.850. The van der Waals surface area contributed by atoms with Crippen LogP contribution in [0.3, 0.4) is 0 Å². The van der Waals surface area contributed by atoms with Crippen molar-refractivity contribution in [1.29, 1.82) is 0 Å². The summed E-state index contributed by atoms with van der Waals surface area (Å²) in [5.74, 6) is 0. The van der Waals surface area contributed by atoms with Crippen molar-refractivity contribution in [1.82, 2.24) is 4.90 Å². The first-order chi connectivity index (χ1) is 8.58. The van der Waals surface area contributed by atoms with E-state index in [-0.39, 0.29) is 0 Å². The van der Waals surface area contributed by atoms with E-state index in [0.29, 0.717) is 17.6 Å². The normalized spacial score (nSPS) is 11.6. The van der Waals surface area contributed by atoms with Crippen molar-refractivity contribution in [2.75, 3.05) is 6.54 Å². The summed E-state index contributed by atoms with van der Waals surface area (Å²) in [5, 5.41) is 3.58. The molecule has 4 heteroatoms. The van der Waals surface area contributed by atoms with E-state index in [2.05, 4.69) is 48.4 Å². The molecule has 0 saturated heterocycles. The maximum absolute atomic E-state index is 5.67. The fourth-order valence-electron chi connectivity index (χ4n) is 2.00. The van der Waals surface area contributed by atoms with E-state index < -0.39 is 0 Å². The Labute approximate surface area is 117 Å². The van der Waals surface area contributed by atoms with Crippen LogP contribution in [0.4, 0.5) is 0 Å². The minimum atomic E-state index is 0.435. The standard InChI is InChI=1S/C14H18N2S2/c1-10(2)16(8-14(15)17)7-11-9-18-13-6-4-3-5-12(11)13/h3-6,9-10H,7-8H2,1-2H3,(H2,15,17). The lowest BCUT2D eigenvalue weighted by molar-refractivity contribution is 0.246. The molecule has 0 spiro atoms. The van der Waals surface area contributed by atoms with Crippen LogP contribution in [0.5, 0.6) is 0 Å². The molecule has 0 aliphatic carbocycles. The molecule has 0 radical (unpaired) electrons. The zero-order valence-electron chi connectivity index (χ0n) is 10.7. The molecular formula is C14H18N2S2. The molecule has 0 unspecified atom stereocenters. The number of hydrogen-bond acceptors (Lipinski definition) is 3. The molecular weight excluding hydrogens is 260 g/mol. The van der Waals surface area contributed by atoms with Crippen LogP contribution in [0, 0.1) is 0 Å². The van der Waals surface area contributed by atoms with Gasteiger partial charge in [0.05, 0.1) is 4.99 Å². The van der Waals surface area contributed by atoms with E-state index in [0.717, 1.165) is 6.54 Å². The first kappa shape index (κ1) is 13.5. The number of fused-ring (bicyclic) bond motifs is 1. The Kier molecular flexibility index (Phi) is 4.32. The van der Waals surface area contributed by atoms with Gasteiger partial charge >= 0.3 is 0 Å². The number of thiophene rings is 1. The molecule has 1 heterocycles. The SMILES string of the molecule is CC(C)N(CC(N)=S)Cc1csc2ccccc12. The van der Waals surface area contributed by atoms with Gasteiger partial charge in [-0.1, -0.05) is 30.4 Å². The highest BCUT2D eigenvalue weighted by atomic mass is 32.1. The zero-order chi connectivity index (χ0) is 13.1. The second-order valence-electron chi connectivity index (χ2n) is 4.72. The van der Waals surface area contributed by atoms with Crippen molar-refractivity contribution in [2.24, 2.45) is 5.73 Å². The maximum atomic E-state index is 5.67. The van der Waals surface area contributed by atoms with Crippen molar-refractivity contribution < 1.29 is 0 Å². The molecule has 0 amide bonds. The summed E-state index contributed by atoms with van der Waals surface area (Å²) in [5.41, 5.74) is 7.03. The number of nitrogens with two attached hydrogens (primary N) is 1. The monoisotopic (exact) mass is 278 g/mol. The van der Waals surface area contributed by atoms with Crippen LogP contribution in [-0.4, -0.2) is 22.5 Å². The molecule has 96 valence electrons. The van der Waals surface area contributed by atoms with Gasteiger partial charge in [-0.25, -0.2) is 0 Å². The van der Waals surface area contributed by atoms with Crippen molar-refractivity contribution >= 4 is 38.6 Å². The molecule has 18 heavy (non-hydrogen) atoms. The second-order valence-corrected chi connectivity index (χ2v) is 6.16. The molecule has 0 saturated carbocycles. The third kappa shape index (κ3) is 3.07. The van der Waals surface area contributed by atoms with Gasteiger partial charge in [-0.15, -0.1) is 11.3 Å². The van der Waals surface area contributed by atoms with Gasteiger partial charge in [-0.3, -0.25) is 4.90 Å². The van der Waals surface area contributed by atoms with Gasteiger partial charge in [0.2, 0.25) is 0 Å². The van der Waals surface area contributed by atoms with Gasteiger partial charge in [-0.05, 0) is 36.2 Å². The topological polar surface area (TPSA) is 29.3 Å². The van der Waals surface area contributed by atoms with Crippen LogP contribution < -0.4 is 5.73 Å². The second kappa shape index (κ2) is 5.78. The van der Waals surface area contributed by atoms with E-state index in [1.807, 2.05) is 0 Å². The Morgan fingerprint density at radius 3 is 2.78 bits per heavy atom. The molecule has 2 nitrogen and oxygen atoms in total. The fourth-order valence-corrected chi connectivity index (χ4v) is 3.12. The van der Waals surface area contributed by atoms with E-state index in [4.69, 9.17) is 18.0 Å². The molecule has 0 bridgehead atoms. The number of rotatable bonds is 5. The van der Waals surface area contributed by atoms with Crippen molar-refractivity contribution in [3.05, 3.63) is 35.2 Å². The number of hydrogen-bond donors (Lipinski definition) is 1. The summed E-state index contributed by atoms with van der Waals surface area (Å²) in [4.78, 5) is 2.86. The summed E-state index contributed by atoms with van der Waals surface area (Å²) >= 11 is 6.82. The highest BCUT2D eigenvalue weighted by Gasteiger charge is 2.13. The molecule has 1 aromatic heterocycles. The highest BCUT2D eigenvalue weighted by Crippen LogP contribution is 2.27. The number of nitrogens with zero attached hydrogens (tertiary/aromatic N) is 1. The summed E-state index contributed by atoms with van der Waals surface area (Å²) in [6.07, 6.45) is 0. The van der Waals surface area contributed by atoms with Crippen molar-refractivity contribution in [2.45, 2.75) is 26.4 Å². The van der Waals surface area contributed by atoms with Gasteiger partial charge in [-0.2, -0.15) is 0 Å². The van der Waals surface area contributed by atoms with E-state index in [1.54, 1.807) is 11.3 Å². The number of thiocarbonyl (C=S) groups is 1. The van der Waals surface area contributed by atoms with Gasteiger partial charge in [0, 0.05) is 23.8 Å². The lowest BCUT2D eigenvalue weighted by atomic mass is 10.1. The summed E-state index contributed by atoms with van der Waals surface area (Å²) in [6, 6.07) is 8.95.